The summed E-state index contributed by atoms with van der Waals surface area (Å²) in [6.07, 6.45) is 0. The summed E-state index contributed by atoms with van der Waals surface area (Å²) in [7, 11) is 0. The summed E-state index contributed by atoms with van der Waals surface area (Å²) in [5.74, 6) is 0.422. The average molecular weight is 272 g/mol. The van der Waals surface area contributed by atoms with Crippen LogP contribution < -0.4 is 0 Å². The van der Waals surface area contributed by atoms with E-state index in [0.29, 0.717) is 16.0 Å². The Morgan fingerprint density at radius 3 is 2.31 bits per heavy atom. The third-order valence-corrected chi connectivity index (χ3v) is 3.80. The van der Waals surface area contributed by atoms with Gasteiger partial charge in [0.2, 0.25) is 0 Å². The molecule has 0 aliphatic heterocycles. The fourth-order valence-electron chi connectivity index (χ4n) is 1.37. The van der Waals surface area contributed by atoms with Gasteiger partial charge in [-0.3, -0.25) is 0 Å². The lowest BCUT2D eigenvalue weighted by Crippen LogP contribution is -1.87. The zero-order valence-electron chi connectivity index (χ0n) is 9.00. The van der Waals surface area contributed by atoms with E-state index in [0.717, 1.165) is 16.3 Å². The van der Waals surface area contributed by atoms with Gasteiger partial charge in [-0.1, -0.05) is 43.1 Å². The van der Waals surface area contributed by atoms with Crippen LogP contribution in [0.1, 0.15) is 25.5 Å². The Morgan fingerprint density at radius 1 is 1.19 bits per heavy atom. The zero-order chi connectivity index (χ0) is 11.7. The minimum absolute atomic E-state index is 0.422. The van der Waals surface area contributed by atoms with Crippen molar-refractivity contribution in [3.05, 3.63) is 39.3 Å². The highest BCUT2D eigenvalue weighted by Gasteiger charge is 2.13. The SMILES string of the molecule is CC(C)c1csc(-c2c(Cl)cccc2Cl)n1. The smallest absolute Gasteiger partial charge is 0.126 e. The highest BCUT2D eigenvalue weighted by Crippen LogP contribution is 2.37. The summed E-state index contributed by atoms with van der Waals surface area (Å²) in [6, 6.07) is 5.50. The lowest BCUT2D eigenvalue weighted by molar-refractivity contribution is 0.834. The molecular formula is C12H11Cl2NS. The van der Waals surface area contributed by atoms with Gasteiger partial charge in [-0.25, -0.2) is 4.98 Å². The molecule has 1 aromatic heterocycles. The van der Waals surface area contributed by atoms with Gasteiger partial charge in [0, 0.05) is 10.9 Å². The van der Waals surface area contributed by atoms with Gasteiger partial charge in [0.05, 0.1) is 15.7 Å². The summed E-state index contributed by atoms with van der Waals surface area (Å²) in [5, 5.41) is 4.24. The Bertz CT molecular complexity index is 485. The van der Waals surface area contributed by atoms with Gasteiger partial charge >= 0.3 is 0 Å². The Labute approximate surface area is 109 Å². The van der Waals surface area contributed by atoms with Crippen LogP contribution in [0.5, 0.6) is 0 Å². The second kappa shape index (κ2) is 4.74. The number of nitrogens with zero attached hydrogens (tertiary/aromatic N) is 1. The Morgan fingerprint density at radius 2 is 1.81 bits per heavy atom. The second-order valence-electron chi connectivity index (χ2n) is 3.83. The van der Waals surface area contributed by atoms with Crippen LogP contribution in [-0.4, -0.2) is 4.98 Å². The minimum atomic E-state index is 0.422. The van der Waals surface area contributed by atoms with Crippen LogP contribution in [0.25, 0.3) is 10.6 Å². The monoisotopic (exact) mass is 271 g/mol. The molecule has 84 valence electrons. The van der Waals surface area contributed by atoms with E-state index in [1.807, 2.05) is 18.2 Å². The maximum Gasteiger partial charge on any atom is 0.126 e. The first kappa shape index (κ1) is 11.9. The van der Waals surface area contributed by atoms with E-state index in [4.69, 9.17) is 23.2 Å². The highest BCUT2D eigenvalue weighted by atomic mass is 35.5. The molecule has 0 amide bonds. The molecule has 2 aromatic rings. The number of benzene rings is 1. The van der Waals surface area contributed by atoms with Gasteiger partial charge < -0.3 is 0 Å². The number of hydrogen-bond acceptors (Lipinski definition) is 2. The molecule has 16 heavy (non-hydrogen) atoms. The van der Waals surface area contributed by atoms with E-state index in [-0.39, 0.29) is 0 Å². The quantitative estimate of drug-likeness (QED) is 0.728. The zero-order valence-corrected chi connectivity index (χ0v) is 11.3. The predicted molar refractivity (Wildman–Crippen MR) is 71.7 cm³/mol. The van der Waals surface area contributed by atoms with Crippen LogP contribution >= 0.6 is 34.5 Å². The van der Waals surface area contributed by atoms with Gasteiger partial charge in [-0.15, -0.1) is 11.3 Å². The van der Waals surface area contributed by atoms with Crippen molar-refractivity contribution in [1.82, 2.24) is 4.98 Å². The van der Waals surface area contributed by atoms with Crippen molar-refractivity contribution < 1.29 is 0 Å². The van der Waals surface area contributed by atoms with E-state index < -0.39 is 0 Å². The van der Waals surface area contributed by atoms with Crippen molar-refractivity contribution in [2.45, 2.75) is 19.8 Å². The van der Waals surface area contributed by atoms with Crippen LogP contribution in [0.15, 0.2) is 23.6 Å². The van der Waals surface area contributed by atoms with E-state index >= 15 is 0 Å². The largest absolute Gasteiger partial charge is 0.241 e. The topological polar surface area (TPSA) is 12.9 Å². The maximum atomic E-state index is 6.14. The third kappa shape index (κ3) is 2.24. The molecule has 0 aliphatic rings. The van der Waals surface area contributed by atoms with Crippen LogP contribution in [0.2, 0.25) is 10.0 Å². The number of rotatable bonds is 2. The van der Waals surface area contributed by atoms with Gasteiger partial charge in [0.15, 0.2) is 0 Å². The standard InChI is InChI=1S/C12H11Cl2NS/c1-7(2)10-6-16-12(15-10)11-8(13)4-3-5-9(11)14/h3-7H,1-2H3. The number of aromatic nitrogens is 1. The molecular weight excluding hydrogens is 261 g/mol. The van der Waals surface area contributed by atoms with E-state index in [9.17, 15) is 0 Å². The number of thiazole rings is 1. The predicted octanol–water partition coefficient (Wildman–Crippen LogP) is 5.24. The Kier molecular flexibility index (Phi) is 3.53. The summed E-state index contributed by atoms with van der Waals surface area (Å²) in [6.45, 7) is 4.24. The number of hydrogen-bond donors (Lipinski definition) is 0. The fourth-order valence-corrected chi connectivity index (χ4v) is 3.11. The summed E-state index contributed by atoms with van der Waals surface area (Å²) in [5.41, 5.74) is 1.92. The maximum absolute atomic E-state index is 6.14. The minimum Gasteiger partial charge on any atom is -0.241 e. The first-order valence-electron chi connectivity index (χ1n) is 4.99. The molecule has 0 bridgehead atoms. The lowest BCUT2D eigenvalue weighted by Gasteiger charge is -2.03. The molecule has 0 saturated heterocycles. The second-order valence-corrected chi connectivity index (χ2v) is 5.50. The first-order valence-corrected chi connectivity index (χ1v) is 6.63. The summed E-state index contributed by atoms with van der Waals surface area (Å²) >= 11 is 13.8. The summed E-state index contributed by atoms with van der Waals surface area (Å²) < 4.78 is 0. The van der Waals surface area contributed by atoms with Crippen molar-refractivity contribution >= 4 is 34.5 Å². The van der Waals surface area contributed by atoms with Crippen LogP contribution in [0.4, 0.5) is 0 Å². The van der Waals surface area contributed by atoms with Crippen molar-refractivity contribution in [2.75, 3.05) is 0 Å². The van der Waals surface area contributed by atoms with E-state index in [2.05, 4.69) is 24.2 Å². The Hall–Kier alpha value is -0.570. The Balaban J connectivity index is 2.50. The first-order chi connectivity index (χ1) is 7.59. The van der Waals surface area contributed by atoms with Crippen LogP contribution in [0, 0.1) is 0 Å². The third-order valence-electron chi connectivity index (χ3n) is 2.29. The van der Waals surface area contributed by atoms with Crippen molar-refractivity contribution in [2.24, 2.45) is 0 Å². The molecule has 0 fully saturated rings. The van der Waals surface area contributed by atoms with Gasteiger partial charge in [-0.2, -0.15) is 0 Å². The van der Waals surface area contributed by atoms with Crippen LogP contribution in [0.3, 0.4) is 0 Å². The fraction of sp³-hybridized carbons (Fsp3) is 0.250. The van der Waals surface area contributed by atoms with Gasteiger partial charge in [0.1, 0.15) is 5.01 Å². The van der Waals surface area contributed by atoms with E-state index in [1.54, 1.807) is 11.3 Å². The lowest BCUT2D eigenvalue weighted by atomic mass is 10.1. The molecule has 0 saturated carbocycles. The molecule has 4 heteroatoms. The molecule has 0 unspecified atom stereocenters. The molecule has 0 radical (unpaired) electrons. The van der Waals surface area contributed by atoms with Crippen LogP contribution in [-0.2, 0) is 0 Å². The molecule has 0 spiro atoms. The van der Waals surface area contributed by atoms with E-state index in [1.165, 1.54) is 0 Å². The molecule has 0 N–H and O–H groups in total. The van der Waals surface area contributed by atoms with Crippen molar-refractivity contribution in [1.29, 1.82) is 0 Å². The highest BCUT2D eigenvalue weighted by molar-refractivity contribution is 7.13. The summed E-state index contributed by atoms with van der Waals surface area (Å²) in [4.78, 5) is 4.55. The normalized spacial score (nSPS) is 11.1. The van der Waals surface area contributed by atoms with Gasteiger partial charge in [0.25, 0.3) is 0 Å². The van der Waals surface area contributed by atoms with Crippen molar-refractivity contribution in [3.8, 4) is 10.6 Å². The van der Waals surface area contributed by atoms with Crippen molar-refractivity contribution in [3.63, 3.8) is 0 Å². The average Bonchev–Trinajstić information content (AvgIpc) is 2.66. The molecule has 0 aliphatic carbocycles. The van der Waals surface area contributed by atoms with Gasteiger partial charge in [-0.05, 0) is 18.1 Å². The molecule has 1 aromatic carbocycles. The number of halogens is 2. The molecule has 0 atom stereocenters. The molecule has 2 rings (SSSR count). The molecule has 1 heterocycles. The molecule has 1 nitrogen and oxygen atoms in total.